The number of hydrogen-bond donors (Lipinski definition) is 1. The normalized spacial score (nSPS) is 9.87. The molecule has 0 aliphatic carbocycles. The van der Waals surface area contributed by atoms with Gasteiger partial charge in [-0.3, -0.25) is 0 Å². The first kappa shape index (κ1) is 12.0. The molecule has 0 fully saturated rings. The van der Waals surface area contributed by atoms with Gasteiger partial charge in [0.15, 0.2) is 0 Å². The molecule has 0 saturated heterocycles. The van der Waals surface area contributed by atoms with Gasteiger partial charge in [0, 0.05) is 11.0 Å². The van der Waals surface area contributed by atoms with E-state index in [0.717, 1.165) is 22.3 Å². The molecule has 82 valence electrons. The monoisotopic (exact) mass is 271 g/mol. The Hall–Kier alpha value is -1.03. The second kappa shape index (κ2) is 5.16. The van der Waals surface area contributed by atoms with Gasteiger partial charge in [0.25, 0.3) is 0 Å². The Kier molecular flexibility index (Phi) is 4.15. The third-order valence-electron chi connectivity index (χ3n) is 1.99. The second-order valence-corrected chi connectivity index (χ2v) is 4.05. The van der Waals surface area contributed by atoms with Crippen molar-refractivity contribution in [3.8, 4) is 0 Å². The van der Waals surface area contributed by atoms with Gasteiger partial charge in [0.1, 0.15) is 0 Å². The van der Waals surface area contributed by atoms with Crippen molar-refractivity contribution in [1.29, 1.82) is 0 Å². The SMILES string of the molecule is CCNc1c(Br)cc(C)cc1C(=O)OC. The second-order valence-electron chi connectivity index (χ2n) is 3.19. The predicted octanol–water partition coefficient (Wildman–Crippen LogP) is 2.98. The van der Waals surface area contributed by atoms with E-state index >= 15 is 0 Å². The molecule has 0 amide bonds. The van der Waals surface area contributed by atoms with Gasteiger partial charge >= 0.3 is 5.97 Å². The molecule has 0 atom stereocenters. The number of hydrogen-bond acceptors (Lipinski definition) is 3. The van der Waals surface area contributed by atoms with Crippen molar-refractivity contribution in [3.05, 3.63) is 27.7 Å². The van der Waals surface area contributed by atoms with Crippen LogP contribution in [0.4, 0.5) is 5.69 Å². The fourth-order valence-corrected chi connectivity index (χ4v) is 2.08. The number of carbonyl (C=O) groups excluding carboxylic acids is 1. The molecular weight excluding hydrogens is 258 g/mol. The largest absolute Gasteiger partial charge is 0.465 e. The van der Waals surface area contributed by atoms with E-state index in [1.807, 2.05) is 26.0 Å². The molecule has 1 aromatic carbocycles. The van der Waals surface area contributed by atoms with E-state index in [9.17, 15) is 4.79 Å². The zero-order valence-electron chi connectivity index (χ0n) is 9.06. The Labute approximate surface area is 97.9 Å². The van der Waals surface area contributed by atoms with Crippen molar-refractivity contribution in [1.82, 2.24) is 0 Å². The highest BCUT2D eigenvalue weighted by molar-refractivity contribution is 9.10. The van der Waals surface area contributed by atoms with E-state index in [1.165, 1.54) is 7.11 Å². The van der Waals surface area contributed by atoms with Crippen LogP contribution in [0.5, 0.6) is 0 Å². The van der Waals surface area contributed by atoms with Crippen LogP contribution in [0.15, 0.2) is 16.6 Å². The van der Waals surface area contributed by atoms with Crippen LogP contribution < -0.4 is 5.32 Å². The molecular formula is C11H14BrNO2. The Morgan fingerprint density at radius 2 is 2.20 bits per heavy atom. The smallest absolute Gasteiger partial charge is 0.340 e. The fourth-order valence-electron chi connectivity index (χ4n) is 1.37. The van der Waals surface area contributed by atoms with Crippen molar-refractivity contribution in [2.75, 3.05) is 19.0 Å². The van der Waals surface area contributed by atoms with Crippen LogP contribution in [0.1, 0.15) is 22.8 Å². The summed E-state index contributed by atoms with van der Waals surface area (Å²) in [6, 6.07) is 3.78. The number of anilines is 1. The molecule has 3 nitrogen and oxygen atoms in total. The maximum Gasteiger partial charge on any atom is 0.340 e. The Morgan fingerprint density at radius 1 is 1.53 bits per heavy atom. The van der Waals surface area contributed by atoms with Gasteiger partial charge in [0.05, 0.1) is 18.4 Å². The number of halogens is 1. The minimum Gasteiger partial charge on any atom is -0.465 e. The number of aryl methyl sites for hydroxylation is 1. The lowest BCUT2D eigenvalue weighted by molar-refractivity contribution is 0.0601. The van der Waals surface area contributed by atoms with Crippen LogP contribution in [0.3, 0.4) is 0 Å². The first-order valence-corrected chi connectivity index (χ1v) is 5.51. The van der Waals surface area contributed by atoms with Crippen LogP contribution in [0, 0.1) is 6.92 Å². The number of rotatable bonds is 3. The number of esters is 1. The highest BCUT2D eigenvalue weighted by Gasteiger charge is 2.14. The summed E-state index contributed by atoms with van der Waals surface area (Å²) in [4.78, 5) is 11.5. The highest BCUT2D eigenvalue weighted by Crippen LogP contribution is 2.28. The lowest BCUT2D eigenvalue weighted by Gasteiger charge is -2.12. The van der Waals surface area contributed by atoms with Crippen LogP contribution in [-0.2, 0) is 4.74 Å². The molecule has 0 bridgehead atoms. The topological polar surface area (TPSA) is 38.3 Å². The summed E-state index contributed by atoms with van der Waals surface area (Å²) in [5.74, 6) is -0.324. The van der Waals surface area contributed by atoms with Gasteiger partial charge in [-0.1, -0.05) is 0 Å². The molecule has 1 aromatic rings. The van der Waals surface area contributed by atoms with Crippen molar-refractivity contribution in [2.24, 2.45) is 0 Å². The molecule has 1 N–H and O–H groups in total. The van der Waals surface area contributed by atoms with Crippen LogP contribution in [0.2, 0.25) is 0 Å². The number of nitrogens with one attached hydrogen (secondary N) is 1. The zero-order chi connectivity index (χ0) is 11.4. The number of ether oxygens (including phenoxy) is 1. The molecule has 0 aromatic heterocycles. The van der Waals surface area contributed by atoms with Gasteiger partial charge in [-0.2, -0.15) is 0 Å². The average Bonchev–Trinajstić information content (AvgIpc) is 2.20. The van der Waals surface area contributed by atoms with E-state index in [-0.39, 0.29) is 5.97 Å². The minimum absolute atomic E-state index is 0.324. The summed E-state index contributed by atoms with van der Waals surface area (Å²) in [6.45, 7) is 4.67. The zero-order valence-corrected chi connectivity index (χ0v) is 10.6. The van der Waals surface area contributed by atoms with E-state index in [2.05, 4.69) is 21.2 Å². The molecule has 0 unspecified atom stereocenters. The van der Waals surface area contributed by atoms with Crippen LogP contribution >= 0.6 is 15.9 Å². The quantitative estimate of drug-likeness (QED) is 0.860. The molecule has 15 heavy (non-hydrogen) atoms. The van der Waals surface area contributed by atoms with Crippen LogP contribution in [0.25, 0.3) is 0 Å². The van der Waals surface area contributed by atoms with E-state index in [4.69, 9.17) is 4.74 Å². The molecule has 0 radical (unpaired) electrons. The highest BCUT2D eigenvalue weighted by atomic mass is 79.9. The first-order chi connectivity index (χ1) is 7.10. The Balaban J connectivity index is 3.26. The molecule has 0 spiro atoms. The van der Waals surface area contributed by atoms with Crippen molar-refractivity contribution in [3.63, 3.8) is 0 Å². The summed E-state index contributed by atoms with van der Waals surface area (Å²) < 4.78 is 5.61. The fraction of sp³-hybridized carbons (Fsp3) is 0.364. The molecule has 0 saturated carbocycles. The maximum absolute atomic E-state index is 11.5. The third kappa shape index (κ3) is 2.72. The number of carbonyl (C=O) groups is 1. The maximum atomic E-state index is 11.5. The lowest BCUT2D eigenvalue weighted by atomic mass is 10.1. The van der Waals surface area contributed by atoms with Crippen molar-refractivity contribution < 1.29 is 9.53 Å². The predicted molar refractivity (Wildman–Crippen MR) is 64.4 cm³/mol. The van der Waals surface area contributed by atoms with E-state index in [1.54, 1.807) is 0 Å². The van der Waals surface area contributed by atoms with E-state index in [0.29, 0.717) is 5.56 Å². The summed E-state index contributed by atoms with van der Waals surface area (Å²) >= 11 is 3.43. The van der Waals surface area contributed by atoms with Gasteiger partial charge < -0.3 is 10.1 Å². The molecule has 0 aliphatic rings. The Morgan fingerprint density at radius 3 is 2.73 bits per heavy atom. The number of methoxy groups -OCH3 is 1. The van der Waals surface area contributed by atoms with Gasteiger partial charge in [-0.25, -0.2) is 4.79 Å². The lowest BCUT2D eigenvalue weighted by Crippen LogP contribution is -2.09. The first-order valence-electron chi connectivity index (χ1n) is 4.72. The molecule has 0 aliphatic heterocycles. The summed E-state index contributed by atoms with van der Waals surface area (Å²) in [5.41, 5.74) is 2.37. The summed E-state index contributed by atoms with van der Waals surface area (Å²) in [7, 11) is 1.38. The van der Waals surface area contributed by atoms with Gasteiger partial charge in [-0.05, 0) is 47.5 Å². The molecule has 4 heteroatoms. The van der Waals surface area contributed by atoms with Gasteiger partial charge in [0.2, 0.25) is 0 Å². The summed E-state index contributed by atoms with van der Waals surface area (Å²) in [5, 5.41) is 3.14. The van der Waals surface area contributed by atoms with Crippen LogP contribution in [-0.4, -0.2) is 19.6 Å². The number of benzene rings is 1. The molecule has 1 rings (SSSR count). The standard InChI is InChI=1S/C11H14BrNO2/c1-4-13-10-8(11(14)15-3)5-7(2)6-9(10)12/h5-6,13H,4H2,1-3H3. The Bertz CT molecular complexity index is 377. The average molecular weight is 272 g/mol. The van der Waals surface area contributed by atoms with E-state index < -0.39 is 0 Å². The summed E-state index contributed by atoms with van der Waals surface area (Å²) in [6.07, 6.45) is 0. The minimum atomic E-state index is -0.324. The van der Waals surface area contributed by atoms with Gasteiger partial charge in [-0.15, -0.1) is 0 Å². The third-order valence-corrected chi connectivity index (χ3v) is 2.62. The van der Waals surface area contributed by atoms with Crippen molar-refractivity contribution >= 4 is 27.6 Å². The molecule has 0 heterocycles. The van der Waals surface area contributed by atoms with Crippen molar-refractivity contribution in [2.45, 2.75) is 13.8 Å².